The van der Waals surface area contributed by atoms with Gasteiger partial charge in [-0.3, -0.25) is 0 Å². The van der Waals surface area contributed by atoms with Crippen molar-refractivity contribution in [3.05, 3.63) is 28.8 Å². The third-order valence-corrected chi connectivity index (χ3v) is 3.14. The quantitative estimate of drug-likeness (QED) is 0.855. The van der Waals surface area contributed by atoms with Crippen molar-refractivity contribution < 1.29 is 0 Å². The molecule has 2 N–H and O–H groups in total. The van der Waals surface area contributed by atoms with E-state index in [0.717, 1.165) is 11.4 Å². The third-order valence-electron chi connectivity index (χ3n) is 2.90. The molecule has 1 aromatic carbocycles. The number of hydrogen-bond donors (Lipinski definition) is 1. The first-order valence-electron chi connectivity index (χ1n) is 5.54. The average Bonchev–Trinajstić information content (AvgIpc) is 2.71. The minimum absolute atomic E-state index is 0.682. The maximum absolute atomic E-state index is 6.00. The van der Waals surface area contributed by atoms with Gasteiger partial charge in [0.25, 0.3) is 0 Å². The molecule has 0 aliphatic carbocycles. The van der Waals surface area contributed by atoms with Gasteiger partial charge in [0.1, 0.15) is 0 Å². The number of hydrogen-bond acceptors (Lipinski definition) is 2. The van der Waals surface area contributed by atoms with Crippen LogP contribution in [0.15, 0.2) is 18.2 Å². The lowest BCUT2D eigenvalue weighted by Gasteiger charge is -2.21. The SMILES string of the molecule is NCCc1cc(Cl)ccc1N1CCCC1. The Morgan fingerprint density at radius 2 is 2.00 bits per heavy atom. The van der Waals surface area contributed by atoms with Crippen molar-refractivity contribution in [1.29, 1.82) is 0 Å². The van der Waals surface area contributed by atoms with Gasteiger partial charge in [-0.1, -0.05) is 11.6 Å². The van der Waals surface area contributed by atoms with Gasteiger partial charge in [-0.2, -0.15) is 0 Å². The third kappa shape index (κ3) is 2.44. The van der Waals surface area contributed by atoms with Gasteiger partial charge in [-0.25, -0.2) is 0 Å². The fourth-order valence-corrected chi connectivity index (χ4v) is 2.37. The maximum atomic E-state index is 6.00. The van der Waals surface area contributed by atoms with E-state index in [1.165, 1.54) is 37.2 Å². The molecule has 0 aromatic heterocycles. The second-order valence-electron chi connectivity index (χ2n) is 4.01. The smallest absolute Gasteiger partial charge is 0.0410 e. The summed E-state index contributed by atoms with van der Waals surface area (Å²) in [5.41, 5.74) is 8.22. The van der Waals surface area contributed by atoms with E-state index in [2.05, 4.69) is 11.0 Å². The lowest BCUT2D eigenvalue weighted by Crippen LogP contribution is -2.20. The molecule has 1 heterocycles. The average molecular weight is 225 g/mol. The fraction of sp³-hybridized carbons (Fsp3) is 0.500. The number of rotatable bonds is 3. The molecule has 1 fully saturated rings. The van der Waals surface area contributed by atoms with Gasteiger partial charge in [0.05, 0.1) is 0 Å². The van der Waals surface area contributed by atoms with Crippen LogP contribution in [-0.2, 0) is 6.42 Å². The Hall–Kier alpha value is -0.730. The van der Waals surface area contributed by atoms with Crippen LogP contribution in [0.2, 0.25) is 5.02 Å². The topological polar surface area (TPSA) is 29.3 Å². The number of halogens is 1. The minimum Gasteiger partial charge on any atom is -0.371 e. The highest BCUT2D eigenvalue weighted by molar-refractivity contribution is 6.30. The zero-order chi connectivity index (χ0) is 10.7. The van der Waals surface area contributed by atoms with Gasteiger partial charge in [-0.05, 0) is 49.6 Å². The van der Waals surface area contributed by atoms with Crippen molar-refractivity contribution in [3.63, 3.8) is 0 Å². The highest BCUT2D eigenvalue weighted by atomic mass is 35.5. The summed E-state index contributed by atoms with van der Waals surface area (Å²) >= 11 is 6.00. The minimum atomic E-state index is 0.682. The largest absolute Gasteiger partial charge is 0.371 e. The first kappa shape index (κ1) is 10.8. The Bertz CT molecular complexity index is 332. The predicted molar refractivity (Wildman–Crippen MR) is 65.7 cm³/mol. The van der Waals surface area contributed by atoms with Crippen LogP contribution in [0.1, 0.15) is 18.4 Å². The van der Waals surface area contributed by atoms with Gasteiger partial charge in [0, 0.05) is 23.8 Å². The second-order valence-corrected chi connectivity index (χ2v) is 4.44. The van der Waals surface area contributed by atoms with Crippen LogP contribution in [0.4, 0.5) is 5.69 Å². The predicted octanol–water partition coefficient (Wildman–Crippen LogP) is 2.44. The molecule has 0 radical (unpaired) electrons. The standard InChI is InChI=1S/C12H17ClN2/c13-11-3-4-12(10(9-11)5-6-14)15-7-1-2-8-15/h3-4,9H,1-2,5-8,14H2. The molecule has 0 bridgehead atoms. The molecule has 0 spiro atoms. The summed E-state index contributed by atoms with van der Waals surface area (Å²) in [6.07, 6.45) is 3.50. The zero-order valence-electron chi connectivity index (χ0n) is 8.88. The van der Waals surface area contributed by atoms with Crippen LogP contribution in [0, 0.1) is 0 Å². The molecule has 0 amide bonds. The van der Waals surface area contributed by atoms with Crippen LogP contribution in [0.25, 0.3) is 0 Å². The second kappa shape index (κ2) is 4.86. The Kier molecular flexibility index (Phi) is 3.49. The number of nitrogens with zero attached hydrogens (tertiary/aromatic N) is 1. The van der Waals surface area contributed by atoms with Crippen molar-refractivity contribution in [2.75, 3.05) is 24.5 Å². The van der Waals surface area contributed by atoms with Gasteiger partial charge < -0.3 is 10.6 Å². The highest BCUT2D eigenvalue weighted by Crippen LogP contribution is 2.27. The first-order chi connectivity index (χ1) is 7.31. The summed E-state index contributed by atoms with van der Waals surface area (Å²) in [5.74, 6) is 0. The Balaban J connectivity index is 2.27. The van der Waals surface area contributed by atoms with Crippen molar-refractivity contribution in [2.24, 2.45) is 5.73 Å². The molecule has 1 saturated heterocycles. The molecular weight excluding hydrogens is 208 g/mol. The van der Waals surface area contributed by atoms with Crippen molar-refractivity contribution in [3.8, 4) is 0 Å². The van der Waals surface area contributed by atoms with Crippen LogP contribution >= 0.6 is 11.6 Å². The van der Waals surface area contributed by atoms with Crippen LogP contribution in [-0.4, -0.2) is 19.6 Å². The number of benzene rings is 1. The van der Waals surface area contributed by atoms with Crippen LogP contribution in [0.5, 0.6) is 0 Å². The molecular formula is C12H17ClN2. The van der Waals surface area contributed by atoms with E-state index in [-0.39, 0.29) is 0 Å². The monoisotopic (exact) mass is 224 g/mol. The summed E-state index contributed by atoms with van der Waals surface area (Å²) in [5, 5.41) is 0.807. The molecule has 2 rings (SSSR count). The summed E-state index contributed by atoms with van der Waals surface area (Å²) < 4.78 is 0. The molecule has 1 aromatic rings. The van der Waals surface area contributed by atoms with Gasteiger partial charge >= 0.3 is 0 Å². The van der Waals surface area contributed by atoms with Crippen LogP contribution < -0.4 is 10.6 Å². The van der Waals surface area contributed by atoms with Crippen molar-refractivity contribution >= 4 is 17.3 Å². The number of anilines is 1. The Morgan fingerprint density at radius 1 is 1.27 bits per heavy atom. The van der Waals surface area contributed by atoms with Gasteiger partial charge in [0.15, 0.2) is 0 Å². The first-order valence-corrected chi connectivity index (χ1v) is 5.92. The van der Waals surface area contributed by atoms with Crippen LogP contribution in [0.3, 0.4) is 0 Å². The molecule has 1 aliphatic heterocycles. The van der Waals surface area contributed by atoms with E-state index in [4.69, 9.17) is 17.3 Å². The van der Waals surface area contributed by atoms with E-state index in [9.17, 15) is 0 Å². The summed E-state index contributed by atoms with van der Waals surface area (Å²) in [4.78, 5) is 2.43. The lowest BCUT2D eigenvalue weighted by molar-refractivity contribution is 0.918. The van der Waals surface area contributed by atoms with Gasteiger partial charge in [-0.15, -0.1) is 0 Å². The lowest BCUT2D eigenvalue weighted by atomic mass is 10.1. The van der Waals surface area contributed by atoms with Crippen molar-refractivity contribution in [1.82, 2.24) is 0 Å². The molecule has 82 valence electrons. The van der Waals surface area contributed by atoms with E-state index >= 15 is 0 Å². The fourth-order valence-electron chi connectivity index (χ4n) is 2.18. The Labute approximate surface area is 96.0 Å². The zero-order valence-corrected chi connectivity index (χ0v) is 9.63. The van der Waals surface area contributed by atoms with E-state index in [0.29, 0.717) is 6.54 Å². The summed E-state index contributed by atoms with van der Waals surface area (Å²) in [7, 11) is 0. The Morgan fingerprint density at radius 3 is 2.67 bits per heavy atom. The van der Waals surface area contributed by atoms with Crippen molar-refractivity contribution in [2.45, 2.75) is 19.3 Å². The molecule has 0 saturated carbocycles. The maximum Gasteiger partial charge on any atom is 0.0410 e. The van der Waals surface area contributed by atoms with E-state index < -0.39 is 0 Å². The normalized spacial score (nSPS) is 16.0. The van der Waals surface area contributed by atoms with E-state index in [1.54, 1.807) is 0 Å². The number of nitrogens with two attached hydrogens (primary N) is 1. The molecule has 3 heteroatoms. The van der Waals surface area contributed by atoms with Gasteiger partial charge in [0.2, 0.25) is 0 Å². The molecule has 1 aliphatic rings. The van der Waals surface area contributed by atoms with E-state index in [1.807, 2.05) is 12.1 Å². The molecule has 0 atom stereocenters. The highest BCUT2D eigenvalue weighted by Gasteiger charge is 2.15. The summed E-state index contributed by atoms with van der Waals surface area (Å²) in [6, 6.07) is 6.13. The molecule has 15 heavy (non-hydrogen) atoms. The molecule has 0 unspecified atom stereocenters. The molecule has 2 nitrogen and oxygen atoms in total. The summed E-state index contributed by atoms with van der Waals surface area (Å²) in [6.45, 7) is 3.01.